The van der Waals surface area contributed by atoms with Crippen molar-refractivity contribution in [3.63, 3.8) is 0 Å². The van der Waals surface area contributed by atoms with Gasteiger partial charge in [0, 0.05) is 19.6 Å². The molecule has 1 rings (SSSR count). The summed E-state index contributed by atoms with van der Waals surface area (Å²) in [5.74, 6) is 0. The third-order valence-electron chi connectivity index (χ3n) is 2.52. The highest BCUT2D eigenvalue weighted by Gasteiger charge is 2.26. The average Bonchev–Trinajstić information content (AvgIpc) is 2.29. The van der Waals surface area contributed by atoms with Crippen LogP contribution >= 0.6 is 0 Å². The number of nitrogens with zero attached hydrogens (tertiary/aromatic N) is 1. The van der Waals surface area contributed by atoms with E-state index >= 15 is 0 Å². The second kappa shape index (κ2) is 6.63. The summed E-state index contributed by atoms with van der Waals surface area (Å²) in [7, 11) is 0. The molecule has 1 fully saturated rings. The van der Waals surface area contributed by atoms with Crippen molar-refractivity contribution in [2.45, 2.75) is 25.8 Å². The van der Waals surface area contributed by atoms with Gasteiger partial charge < -0.3 is 20.1 Å². The van der Waals surface area contributed by atoms with Crippen LogP contribution in [0.15, 0.2) is 0 Å². The van der Waals surface area contributed by atoms with E-state index in [0.717, 1.165) is 19.4 Å². The van der Waals surface area contributed by atoms with E-state index in [-0.39, 0.29) is 18.7 Å². The number of amides is 1. The van der Waals surface area contributed by atoms with Gasteiger partial charge in [0.1, 0.15) is 0 Å². The summed E-state index contributed by atoms with van der Waals surface area (Å²) in [6.07, 6.45) is 1.60. The number of aliphatic hydroxyl groups is 1. The van der Waals surface area contributed by atoms with Gasteiger partial charge in [-0.3, -0.25) is 0 Å². The smallest absolute Gasteiger partial charge is 0.410 e. The highest BCUT2D eigenvalue weighted by Crippen LogP contribution is 2.05. The molecule has 1 aliphatic heterocycles. The van der Waals surface area contributed by atoms with Gasteiger partial charge in [-0.15, -0.1) is 0 Å². The Morgan fingerprint density at radius 2 is 2.47 bits per heavy atom. The van der Waals surface area contributed by atoms with Crippen molar-refractivity contribution in [3.05, 3.63) is 0 Å². The summed E-state index contributed by atoms with van der Waals surface area (Å²) in [5, 5.41) is 12.2. The average molecular weight is 216 g/mol. The number of carbonyl (C=O) groups is 1. The van der Waals surface area contributed by atoms with Gasteiger partial charge in [0.15, 0.2) is 0 Å². The fourth-order valence-electron chi connectivity index (χ4n) is 1.55. The maximum absolute atomic E-state index is 11.6. The number of carbonyl (C=O) groups excluding carboxylic acids is 1. The van der Waals surface area contributed by atoms with Crippen LogP contribution in [0.25, 0.3) is 0 Å². The molecule has 2 N–H and O–H groups in total. The molecular weight excluding hydrogens is 196 g/mol. The Morgan fingerprint density at radius 1 is 1.67 bits per heavy atom. The maximum Gasteiger partial charge on any atom is 0.410 e. The number of hydrogen-bond acceptors (Lipinski definition) is 4. The lowest BCUT2D eigenvalue weighted by Gasteiger charge is -2.34. The minimum atomic E-state index is -0.302. The van der Waals surface area contributed by atoms with Gasteiger partial charge in [-0.1, -0.05) is 13.3 Å². The normalized spacial score (nSPS) is 21.5. The van der Waals surface area contributed by atoms with Crippen LogP contribution in [0.1, 0.15) is 19.8 Å². The summed E-state index contributed by atoms with van der Waals surface area (Å²) in [6.45, 7) is 4.51. The number of unbranched alkanes of at least 4 members (excludes halogenated alkanes) is 1. The predicted molar refractivity (Wildman–Crippen MR) is 56.7 cm³/mol. The second-order valence-corrected chi connectivity index (χ2v) is 3.70. The highest BCUT2D eigenvalue weighted by molar-refractivity contribution is 5.68. The summed E-state index contributed by atoms with van der Waals surface area (Å²) in [5.41, 5.74) is 0. The summed E-state index contributed by atoms with van der Waals surface area (Å²) in [6, 6.07) is -0.145. The molecule has 0 aliphatic carbocycles. The van der Waals surface area contributed by atoms with E-state index in [1.54, 1.807) is 4.90 Å². The van der Waals surface area contributed by atoms with E-state index in [1.807, 2.05) is 0 Å². The summed E-state index contributed by atoms with van der Waals surface area (Å²) in [4.78, 5) is 13.2. The van der Waals surface area contributed by atoms with Crippen molar-refractivity contribution < 1.29 is 14.6 Å². The number of piperazine rings is 1. The summed E-state index contributed by atoms with van der Waals surface area (Å²) >= 11 is 0. The second-order valence-electron chi connectivity index (χ2n) is 3.70. The van der Waals surface area contributed by atoms with Crippen LogP contribution in [0.5, 0.6) is 0 Å². The molecule has 0 aromatic heterocycles. The van der Waals surface area contributed by atoms with Gasteiger partial charge in [0.2, 0.25) is 0 Å². The SMILES string of the molecule is CCCCOC(=O)N1CCNC[C@H]1CO. The Balaban J connectivity index is 2.34. The van der Waals surface area contributed by atoms with Crippen LogP contribution in [0.3, 0.4) is 0 Å². The number of ether oxygens (including phenoxy) is 1. The lowest BCUT2D eigenvalue weighted by molar-refractivity contribution is 0.0585. The monoisotopic (exact) mass is 216 g/mol. The largest absolute Gasteiger partial charge is 0.449 e. The molecule has 1 saturated heterocycles. The Hall–Kier alpha value is -0.810. The van der Waals surface area contributed by atoms with Crippen LogP contribution in [-0.4, -0.2) is 55.0 Å². The molecule has 0 aromatic rings. The molecule has 0 spiro atoms. The number of hydrogen-bond donors (Lipinski definition) is 2. The number of rotatable bonds is 4. The van der Waals surface area contributed by atoms with Gasteiger partial charge in [-0.2, -0.15) is 0 Å². The fraction of sp³-hybridized carbons (Fsp3) is 0.900. The molecule has 1 amide bonds. The molecule has 0 bridgehead atoms. The molecule has 0 radical (unpaired) electrons. The lowest BCUT2D eigenvalue weighted by Crippen LogP contribution is -2.55. The van der Waals surface area contributed by atoms with E-state index in [4.69, 9.17) is 9.84 Å². The van der Waals surface area contributed by atoms with Crippen molar-refractivity contribution >= 4 is 6.09 Å². The minimum absolute atomic E-state index is 0.0180. The summed E-state index contributed by atoms with van der Waals surface area (Å²) < 4.78 is 5.10. The van der Waals surface area contributed by atoms with Gasteiger partial charge in [-0.25, -0.2) is 4.79 Å². The van der Waals surface area contributed by atoms with Crippen molar-refractivity contribution in [1.29, 1.82) is 0 Å². The van der Waals surface area contributed by atoms with Crippen LogP contribution < -0.4 is 5.32 Å². The van der Waals surface area contributed by atoms with Crippen LogP contribution in [0.2, 0.25) is 0 Å². The number of nitrogens with one attached hydrogen (secondary N) is 1. The van der Waals surface area contributed by atoms with E-state index in [9.17, 15) is 4.79 Å². The standard InChI is InChI=1S/C10H20N2O3/c1-2-3-6-15-10(14)12-5-4-11-7-9(12)8-13/h9,11,13H,2-8H2,1H3/t9-/m0/s1. The molecule has 5 heteroatoms. The third-order valence-corrected chi connectivity index (χ3v) is 2.52. The highest BCUT2D eigenvalue weighted by atomic mass is 16.6. The Morgan fingerprint density at radius 3 is 3.13 bits per heavy atom. The Labute approximate surface area is 90.4 Å². The van der Waals surface area contributed by atoms with Gasteiger partial charge in [0.25, 0.3) is 0 Å². The first-order valence-electron chi connectivity index (χ1n) is 5.54. The Kier molecular flexibility index (Phi) is 5.42. The molecular formula is C10H20N2O3. The molecule has 15 heavy (non-hydrogen) atoms. The van der Waals surface area contributed by atoms with E-state index < -0.39 is 0 Å². The van der Waals surface area contributed by atoms with Crippen molar-refractivity contribution in [3.8, 4) is 0 Å². The predicted octanol–water partition coefficient (Wildman–Crippen LogP) is 0.189. The lowest BCUT2D eigenvalue weighted by atomic mass is 10.2. The zero-order valence-electron chi connectivity index (χ0n) is 9.24. The topological polar surface area (TPSA) is 61.8 Å². The van der Waals surface area contributed by atoms with E-state index in [1.165, 1.54) is 0 Å². The fourth-order valence-corrected chi connectivity index (χ4v) is 1.55. The van der Waals surface area contributed by atoms with Gasteiger partial charge in [-0.05, 0) is 6.42 Å². The molecule has 88 valence electrons. The quantitative estimate of drug-likeness (QED) is 0.659. The van der Waals surface area contributed by atoms with Gasteiger partial charge >= 0.3 is 6.09 Å². The first-order valence-corrected chi connectivity index (χ1v) is 5.54. The molecule has 1 aliphatic rings. The van der Waals surface area contributed by atoms with Gasteiger partial charge in [0.05, 0.1) is 19.3 Å². The van der Waals surface area contributed by atoms with E-state index in [2.05, 4.69) is 12.2 Å². The van der Waals surface area contributed by atoms with Crippen molar-refractivity contribution in [2.24, 2.45) is 0 Å². The number of aliphatic hydroxyl groups excluding tert-OH is 1. The molecule has 0 aromatic carbocycles. The zero-order chi connectivity index (χ0) is 11.1. The van der Waals surface area contributed by atoms with Crippen molar-refractivity contribution in [1.82, 2.24) is 10.2 Å². The zero-order valence-corrected chi connectivity index (χ0v) is 9.24. The maximum atomic E-state index is 11.6. The van der Waals surface area contributed by atoms with E-state index in [0.29, 0.717) is 19.7 Å². The van der Waals surface area contributed by atoms with Crippen molar-refractivity contribution in [2.75, 3.05) is 32.8 Å². The first kappa shape index (κ1) is 12.3. The molecule has 1 atom stereocenters. The third kappa shape index (κ3) is 3.68. The molecule has 0 saturated carbocycles. The van der Waals surface area contributed by atoms with Crippen LogP contribution in [-0.2, 0) is 4.74 Å². The first-order chi connectivity index (χ1) is 7.29. The molecule has 1 heterocycles. The minimum Gasteiger partial charge on any atom is -0.449 e. The van der Waals surface area contributed by atoms with Crippen LogP contribution in [0, 0.1) is 0 Å². The van der Waals surface area contributed by atoms with Crippen LogP contribution in [0.4, 0.5) is 4.79 Å². The molecule has 0 unspecified atom stereocenters. The Bertz CT molecular complexity index is 199. The molecule has 5 nitrogen and oxygen atoms in total.